The monoisotopic (exact) mass is 303 g/mol. The largest absolute Gasteiger partial charge is 0.504 e. The van der Waals surface area contributed by atoms with Crippen molar-refractivity contribution in [2.75, 3.05) is 13.2 Å². The molecule has 1 aromatic rings. The van der Waals surface area contributed by atoms with Gasteiger partial charge in [-0.15, -0.1) is 0 Å². The van der Waals surface area contributed by atoms with E-state index < -0.39 is 0 Å². The second kappa shape index (κ2) is 8.32. The Morgan fingerprint density at radius 2 is 2.09 bits per heavy atom. The zero-order valence-corrected chi connectivity index (χ0v) is 13.3. The van der Waals surface area contributed by atoms with Crippen LogP contribution in [0.5, 0.6) is 11.5 Å². The molecule has 0 unspecified atom stereocenters. The lowest BCUT2D eigenvalue weighted by Gasteiger charge is -2.16. The molecule has 1 aliphatic rings. The van der Waals surface area contributed by atoms with E-state index in [1.165, 1.54) is 0 Å². The number of nitrogens with one attached hydrogen (secondary N) is 2. The molecule has 1 aromatic carbocycles. The number of rotatable bonds is 6. The highest BCUT2D eigenvalue weighted by Gasteiger charge is 2.11. The van der Waals surface area contributed by atoms with Gasteiger partial charge in [-0.25, -0.2) is 4.99 Å². The minimum absolute atomic E-state index is 0.164. The molecular weight excluding hydrogens is 278 g/mol. The average molecular weight is 303 g/mol. The summed E-state index contributed by atoms with van der Waals surface area (Å²) in [5.41, 5.74) is 1.00. The van der Waals surface area contributed by atoms with Crippen molar-refractivity contribution >= 4 is 5.96 Å². The number of hydrogen-bond acceptors (Lipinski definition) is 3. The van der Waals surface area contributed by atoms with E-state index in [0.717, 1.165) is 30.9 Å². The van der Waals surface area contributed by atoms with E-state index in [2.05, 4.69) is 34.7 Å². The van der Waals surface area contributed by atoms with Gasteiger partial charge in [0.05, 0.1) is 13.2 Å². The van der Waals surface area contributed by atoms with Gasteiger partial charge in [-0.3, -0.25) is 0 Å². The summed E-state index contributed by atoms with van der Waals surface area (Å²) in [4.78, 5) is 4.61. The molecule has 3 N–H and O–H groups in total. The predicted octanol–water partition coefficient (Wildman–Crippen LogP) is 2.56. The van der Waals surface area contributed by atoms with E-state index in [0.29, 0.717) is 24.9 Å². The van der Waals surface area contributed by atoms with Gasteiger partial charge in [0, 0.05) is 12.6 Å². The molecule has 0 spiro atoms. The third-order valence-electron chi connectivity index (χ3n) is 3.44. The van der Waals surface area contributed by atoms with Crippen LogP contribution in [-0.4, -0.2) is 30.3 Å². The SMILES string of the molecule is CCNC(=NCc1ccc(O)c(OCC)c1)NC1CC=CC1. The van der Waals surface area contributed by atoms with Crippen molar-refractivity contribution in [2.24, 2.45) is 4.99 Å². The molecule has 0 bridgehead atoms. The number of benzene rings is 1. The first kappa shape index (κ1) is 16.2. The summed E-state index contributed by atoms with van der Waals surface area (Å²) in [6.07, 6.45) is 6.46. The van der Waals surface area contributed by atoms with Crippen LogP contribution in [0.2, 0.25) is 0 Å². The van der Waals surface area contributed by atoms with Gasteiger partial charge in [-0.1, -0.05) is 18.2 Å². The molecule has 0 saturated carbocycles. The lowest BCUT2D eigenvalue weighted by molar-refractivity contribution is 0.318. The maximum atomic E-state index is 9.72. The highest BCUT2D eigenvalue weighted by molar-refractivity contribution is 5.80. The zero-order valence-electron chi connectivity index (χ0n) is 13.3. The average Bonchev–Trinajstić information content (AvgIpc) is 3.01. The molecule has 0 radical (unpaired) electrons. The first-order chi connectivity index (χ1) is 10.7. The molecule has 5 nitrogen and oxygen atoms in total. The molecule has 0 heterocycles. The van der Waals surface area contributed by atoms with E-state index in [1.54, 1.807) is 6.07 Å². The van der Waals surface area contributed by atoms with Gasteiger partial charge < -0.3 is 20.5 Å². The van der Waals surface area contributed by atoms with E-state index in [-0.39, 0.29) is 5.75 Å². The Hall–Kier alpha value is -2.17. The molecule has 0 saturated heterocycles. The highest BCUT2D eigenvalue weighted by Crippen LogP contribution is 2.27. The van der Waals surface area contributed by atoms with Crippen LogP contribution in [0.4, 0.5) is 0 Å². The summed E-state index contributed by atoms with van der Waals surface area (Å²) in [5, 5.41) is 16.4. The lowest BCUT2D eigenvalue weighted by atomic mass is 10.2. The molecule has 22 heavy (non-hydrogen) atoms. The van der Waals surface area contributed by atoms with E-state index in [9.17, 15) is 5.11 Å². The second-order valence-corrected chi connectivity index (χ2v) is 5.21. The van der Waals surface area contributed by atoms with Crippen LogP contribution in [0.15, 0.2) is 35.3 Å². The minimum atomic E-state index is 0.164. The van der Waals surface area contributed by atoms with Crippen LogP contribution in [0.25, 0.3) is 0 Å². The second-order valence-electron chi connectivity index (χ2n) is 5.21. The first-order valence-electron chi connectivity index (χ1n) is 7.87. The van der Waals surface area contributed by atoms with Crippen LogP contribution in [0, 0.1) is 0 Å². The quantitative estimate of drug-likeness (QED) is 0.429. The summed E-state index contributed by atoms with van der Waals surface area (Å²) in [5.74, 6) is 1.49. The third-order valence-corrected chi connectivity index (χ3v) is 3.44. The zero-order chi connectivity index (χ0) is 15.8. The summed E-state index contributed by atoms with van der Waals surface area (Å²) in [6.45, 7) is 5.84. The number of ether oxygens (including phenoxy) is 1. The van der Waals surface area contributed by atoms with Crippen molar-refractivity contribution in [3.05, 3.63) is 35.9 Å². The van der Waals surface area contributed by atoms with Gasteiger partial charge in [0.15, 0.2) is 17.5 Å². The van der Waals surface area contributed by atoms with Crippen LogP contribution in [0.1, 0.15) is 32.3 Å². The fraction of sp³-hybridized carbons (Fsp3) is 0.471. The maximum absolute atomic E-state index is 9.72. The Balaban J connectivity index is 2.01. The molecule has 5 heteroatoms. The van der Waals surface area contributed by atoms with Crippen molar-refractivity contribution in [1.29, 1.82) is 0 Å². The Morgan fingerprint density at radius 3 is 2.77 bits per heavy atom. The van der Waals surface area contributed by atoms with Crippen LogP contribution < -0.4 is 15.4 Å². The summed E-state index contributed by atoms with van der Waals surface area (Å²) in [6, 6.07) is 5.78. The number of phenols is 1. The molecule has 120 valence electrons. The summed E-state index contributed by atoms with van der Waals surface area (Å²) < 4.78 is 5.40. The van der Waals surface area contributed by atoms with Crippen molar-refractivity contribution in [3.8, 4) is 11.5 Å². The third kappa shape index (κ3) is 4.69. The Bertz CT molecular complexity index is 533. The van der Waals surface area contributed by atoms with E-state index in [4.69, 9.17) is 4.74 Å². The predicted molar refractivity (Wildman–Crippen MR) is 89.4 cm³/mol. The van der Waals surface area contributed by atoms with Crippen molar-refractivity contribution in [3.63, 3.8) is 0 Å². The van der Waals surface area contributed by atoms with Crippen molar-refractivity contribution < 1.29 is 9.84 Å². The molecule has 2 rings (SSSR count). The highest BCUT2D eigenvalue weighted by atomic mass is 16.5. The van der Waals surface area contributed by atoms with Crippen LogP contribution in [-0.2, 0) is 6.54 Å². The number of guanidine groups is 1. The molecule has 0 aliphatic heterocycles. The fourth-order valence-corrected chi connectivity index (χ4v) is 2.35. The minimum Gasteiger partial charge on any atom is -0.504 e. The van der Waals surface area contributed by atoms with Crippen LogP contribution in [0.3, 0.4) is 0 Å². The number of aromatic hydroxyl groups is 1. The molecule has 1 aliphatic carbocycles. The van der Waals surface area contributed by atoms with Gasteiger partial charge >= 0.3 is 0 Å². The smallest absolute Gasteiger partial charge is 0.191 e. The van der Waals surface area contributed by atoms with E-state index in [1.807, 2.05) is 19.1 Å². The Labute approximate surface area is 132 Å². The van der Waals surface area contributed by atoms with Gasteiger partial charge in [-0.05, 0) is 44.4 Å². The van der Waals surface area contributed by atoms with E-state index >= 15 is 0 Å². The molecular formula is C17H25N3O2. The number of aliphatic imine (C=N–C) groups is 1. The molecule has 0 fully saturated rings. The normalized spacial score (nSPS) is 15.1. The number of phenolic OH excluding ortho intramolecular Hbond substituents is 1. The van der Waals surface area contributed by atoms with Crippen LogP contribution >= 0.6 is 0 Å². The maximum Gasteiger partial charge on any atom is 0.191 e. The van der Waals surface area contributed by atoms with Gasteiger partial charge in [-0.2, -0.15) is 0 Å². The molecule has 0 amide bonds. The standard InChI is InChI=1S/C17H25N3O2/c1-3-18-17(20-14-7-5-6-8-14)19-12-13-9-10-15(21)16(11-13)22-4-2/h5-6,9-11,14,21H,3-4,7-8,12H2,1-2H3,(H2,18,19,20). The number of nitrogens with zero attached hydrogens (tertiary/aromatic N) is 1. The van der Waals surface area contributed by atoms with Gasteiger partial charge in [0.1, 0.15) is 0 Å². The fourth-order valence-electron chi connectivity index (χ4n) is 2.35. The Kier molecular flexibility index (Phi) is 6.13. The van der Waals surface area contributed by atoms with Crippen molar-refractivity contribution in [1.82, 2.24) is 10.6 Å². The summed E-state index contributed by atoms with van der Waals surface area (Å²) in [7, 11) is 0. The number of hydrogen-bond donors (Lipinski definition) is 3. The first-order valence-corrected chi connectivity index (χ1v) is 7.87. The van der Waals surface area contributed by atoms with Crippen molar-refractivity contribution in [2.45, 2.75) is 39.3 Å². The Morgan fingerprint density at radius 1 is 1.32 bits per heavy atom. The molecule has 0 aromatic heterocycles. The van der Waals surface area contributed by atoms with Gasteiger partial charge in [0.2, 0.25) is 0 Å². The van der Waals surface area contributed by atoms with Gasteiger partial charge in [0.25, 0.3) is 0 Å². The topological polar surface area (TPSA) is 65.9 Å². The molecule has 0 atom stereocenters. The lowest BCUT2D eigenvalue weighted by Crippen LogP contribution is -2.42. The summed E-state index contributed by atoms with van der Waals surface area (Å²) >= 11 is 0.